The number of esters is 1. The topological polar surface area (TPSA) is 106 Å². The first-order valence-corrected chi connectivity index (χ1v) is 19.4. The molecule has 0 radical (unpaired) electrons. The number of carbonyl (C=O) groups excluding carboxylic acids is 3. The lowest BCUT2D eigenvalue weighted by Crippen LogP contribution is -2.54. The lowest BCUT2D eigenvalue weighted by molar-refractivity contribution is -0.154. The highest BCUT2D eigenvalue weighted by molar-refractivity contribution is 9.10. The summed E-state index contributed by atoms with van der Waals surface area (Å²) in [5.41, 5.74) is 1.97. The summed E-state index contributed by atoms with van der Waals surface area (Å²) in [7, 11) is -0.620. The normalized spacial score (nSPS) is 25.5. The van der Waals surface area contributed by atoms with E-state index in [0.29, 0.717) is 18.7 Å². The Kier molecular flexibility index (Phi) is 8.64. The van der Waals surface area contributed by atoms with Crippen molar-refractivity contribution in [2.45, 2.75) is 69.8 Å². The average Bonchev–Trinajstić information content (AvgIpc) is 3.44. The molecule has 2 saturated heterocycles. The highest BCUT2D eigenvalue weighted by Crippen LogP contribution is 2.60. The summed E-state index contributed by atoms with van der Waals surface area (Å²) in [5.74, 6) is -0.0449. The Morgan fingerprint density at radius 3 is 2.39 bits per heavy atom. The van der Waals surface area contributed by atoms with Crippen molar-refractivity contribution in [3.8, 4) is 5.75 Å². The van der Waals surface area contributed by atoms with E-state index in [1.807, 2.05) is 54.6 Å². The largest absolute Gasteiger partial charge is 0.497 e. The Morgan fingerprint density at radius 1 is 1.09 bits per heavy atom. The van der Waals surface area contributed by atoms with E-state index in [1.54, 1.807) is 12.0 Å². The van der Waals surface area contributed by atoms with Crippen LogP contribution in [0.15, 0.2) is 71.2 Å². The minimum Gasteiger partial charge on any atom is -0.497 e. The van der Waals surface area contributed by atoms with Crippen molar-refractivity contribution in [2.75, 3.05) is 23.5 Å². The molecule has 1 unspecified atom stereocenters. The van der Waals surface area contributed by atoms with Crippen molar-refractivity contribution >= 4 is 58.3 Å². The monoisotopic (exact) mass is 706 g/mol. The van der Waals surface area contributed by atoms with Crippen LogP contribution in [0.4, 0.5) is 11.4 Å². The third-order valence-electron chi connectivity index (χ3n) is 9.97. The van der Waals surface area contributed by atoms with Crippen LogP contribution in [0, 0.1) is 5.92 Å². The van der Waals surface area contributed by atoms with Crippen LogP contribution in [0.2, 0.25) is 18.6 Å². The van der Waals surface area contributed by atoms with Crippen LogP contribution >= 0.6 is 15.9 Å². The Labute approximate surface area is 278 Å². The molecule has 0 saturated carbocycles. The van der Waals surface area contributed by atoms with Gasteiger partial charge < -0.3 is 24.2 Å². The number of benzene rings is 3. The molecule has 3 heterocycles. The van der Waals surface area contributed by atoms with Gasteiger partial charge in [0.25, 0.3) is 5.91 Å². The third-order valence-corrected chi connectivity index (χ3v) is 14.8. The molecule has 9 nitrogen and oxygen atoms in total. The number of hydrogen-bond acceptors (Lipinski definition) is 7. The molecule has 5 atom stereocenters. The highest BCUT2D eigenvalue weighted by Gasteiger charge is 2.66. The van der Waals surface area contributed by atoms with Crippen molar-refractivity contribution in [3.05, 3.63) is 82.3 Å². The fraction of sp³-hybridized carbons (Fsp3) is 0.400. The number of rotatable bonds is 9. The van der Waals surface area contributed by atoms with Gasteiger partial charge in [0, 0.05) is 35.2 Å². The fourth-order valence-corrected chi connectivity index (χ4v) is 12.2. The molecule has 1 N–H and O–H groups in total. The van der Waals surface area contributed by atoms with Crippen molar-refractivity contribution < 1.29 is 33.7 Å². The summed E-state index contributed by atoms with van der Waals surface area (Å²) >= 11 is 3.64. The molecule has 11 heteroatoms. The van der Waals surface area contributed by atoms with Gasteiger partial charge in [-0.1, -0.05) is 65.4 Å². The van der Waals surface area contributed by atoms with Gasteiger partial charge in [-0.25, -0.2) is 0 Å². The molecule has 46 heavy (non-hydrogen) atoms. The first-order chi connectivity index (χ1) is 21.9. The summed E-state index contributed by atoms with van der Waals surface area (Å²) in [6.45, 7) is 8.36. The van der Waals surface area contributed by atoms with Crippen LogP contribution in [-0.4, -0.2) is 57.0 Å². The Hall–Kier alpha value is -3.51. The Morgan fingerprint density at radius 2 is 1.78 bits per heavy atom. The molecular formula is C35H39BrN2O7Si. The molecule has 3 aliphatic rings. The number of aliphatic hydroxyl groups excluding tert-OH is 1. The molecule has 3 aromatic carbocycles. The summed E-state index contributed by atoms with van der Waals surface area (Å²) in [6, 6.07) is 21.5. The van der Waals surface area contributed by atoms with E-state index in [0.717, 1.165) is 27.0 Å². The van der Waals surface area contributed by atoms with Crippen LogP contribution in [0.3, 0.4) is 0 Å². The maximum Gasteiger partial charge on any atom is 0.304 e. The third kappa shape index (κ3) is 5.27. The van der Waals surface area contributed by atoms with E-state index >= 15 is 0 Å². The number of anilines is 2. The van der Waals surface area contributed by atoms with Gasteiger partial charge in [0.2, 0.25) is 5.91 Å². The summed E-state index contributed by atoms with van der Waals surface area (Å²) < 4.78 is 18.5. The van der Waals surface area contributed by atoms with Gasteiger partial charge in [0.05, 0.1) is 39.9 Å². The second-order valence-corrected chi connectivity index (χ2v) is 18.5. The molecule has 3 aromatic rings. The fourth-order valence-electron chi connectivity index (χ4n) is 7.77. The summed E-state index contributed by atoms with van der Waals surface area (Å²) in [4.78, 5) is 41.8. The molecule has 0 bridgehead atoms. The van der Waals surface area contributed by atoms with E-state index in [1.165, 1.54) is 17.0 Å². The van der Waals surface area contributed by atoms with Crippen molar-refractivity contribution in [1.29, 1.82) is 0 Å². The van der Waals surface area contributed by atoms with E-state index < -0.39 is 25.9 Å². The predicted molar refractivity (Wildman–Crippen MR) is 181 cm³/mol. The number of ether oxygens (including phenoxy) is 3. The second kappa shape index (κ2) is 12.3. The molecule has 0 aliphatic carbocycles. The molecule has 1 spiro atoms. The molecule has 2 amide bonds. The zero-order valence-corrected chi connectivity index (χ0v) is 29.2. The van der Waals surface area contributed by atoms with Crippen molar-refractivity contribution in [3.63, 3.8) is 0 Å². The van der Waals surface area contributed by atoms with Gasteiger partial charge in [-0.3, -0.25) is 19.3 Å². The number of hydrogen-bond donors (Lipinski definition) is 1. The smallest absolute Gasteiger partial charge is 0.304 e. The lowest BCUT2D eigenvalue weighted by atomic mass is 9.82. The number of β-lactam (4-membered cyclic amide) rings is 1. The van der Waals surface area contributed by atoms with Gasteiger partial charge in [-0.05, 0) is 60.0 Å². The van der Waals surface area contributed by atoms with E-state index in [9.17, 15) is 19.5 Å². The number of nitrogens with zero attached hydrogens (tertiary/aromatic N) is 2. The van der Waals surface area contributed by atoms with Gasteiger partial charge in [-0.15, -0.1) is 0 Å². The van der Waals surface area contributed by atoms with Gasteiger partial charge in [0.15, 0.2) is 11.8 Å². The van der Waals surface area contributed by atoms with Gasteiger partial charge in [-0.2, -0.15) is 0 Å². The number of halogens is 1. The first-order valence-electron chi connectivity index (χ1n) is 15.6. The van der Waals surface area contributed by atoms with E-state index in [4.69, 9.17) is 14.2 Å². The van der Waals surface area contributed by atoms with Gasteiger partial charge in [0.1, 0.15) is 5.75 Å². The maximum atomic E-state index is 14.8. The SMILES string of the molecule is COc1ccc([Si](C)(C)[C@@H]2[C@@H](CCO)O[C@]3(C(=O)N(Cc4ccc(N5C(=O)CC5OC(C)=O)cc4)c4ccc(Br)cc43)[C@H]2C)cc1. The average molecular weight is 708 g/mol. The Bertz CT molecular complexity index is 1660. The number of aliphatic hydroxyl groups is 1. The minimum atomic E-state index is -2.27. The quantitative estimate of drug-likeness (QED) is 0.185. The number of carbonyl (C=O) groups is 3. The minimum absolute atomic E-state index is 0.0372. The second-order valence-electron chi connectivity index (χ2n) is 12.9. The highest BCUT2D eigenvalue weighted by atomic mass is 79.9. The molecular weight excluding hydrogens is 668 g/mol. The molecule has 6 rings (SSSR count). The van der Waals surface area contributed by atoms with Crippen LogP contribution < -0.4 is 19.7 Å². The van der Waals surface area contributed by atoms with Crippen molar-refractivity contribution in [2.24, 2.45) is 5.92 Å². The molecule has 242 valence electrons. The zero-order chi connectivity index (χ0) is 33.0. The van der Waals surface area contributed by atoms with Crippen LogP contribution in [-0.2, 0) is 36.0 Å². The predicted octanol–water partition coefficient (Wildman–Crippen LogP) is 5.23. The van der Waals surface area contributed by atoms with Crippen LogP contribution in [0.25, 0.3) is 0 Å². The molecule has 2 fully saturated rings. The zero-order valence-electron chi connectivity index (χ0n) is 26.7. The van der Waals surface area contributed by atoms with E-state index in [2.05, 4.69) is 48.1 Å². The summed E-state index contributed by atoms with van der Waals surface area (Å²) in [6.07, 6.45) is -0.317. The summed E-state index contributed by atoms with van der Waals surface area (Å²) in [5, 5.41) is 11.4. The number of methoxy groups -OCH3 is 1. The number of amides is 2. The Balaban J connectivity index is 1.33. The molecule has 0 aromatic heterocycles. The van der Waals surface area contributed by atoms with E-state index in [-0.39, 0.29) is 42.4 Å². The van der Waals surface area contributed by atoms with Crippen LogP contribution in [0.5, 0.6) is 5.75 Å². The van der Waals surface area contributed by atoms with Crippen molar-refractivity contribution in [1.82, 2.24) is 0 Å². The lowest BCUT2D eigenvalue weighted by Gasteiger charge is -2.39. The van der Waals surface area contributed by atoms with Crippen LogP contribution in [0.1, 0.15) is 37.8 Å². The van der Waals surface area contributed by atoms with Gasteiger partial charge >= 0.3 is 5.97 Å². The maximum absolute atomic E-state index is 14.8. The number of fused-ring (bicyclic) bond motifs is 2. The first kappa shape index (κ1) is 32.4. The standard InChI is InChI=1S/C35H39BrN2O7Si/c1-21-33(46(4,5)27-13-11-26(43-3)12-14-27)30(16-17-39)45-35(21)28-18-24(36)8-15-29(28)37(34(35)42)20-23-6-9-25(10-7-23)38-31(41)19-32(38)44-22(2)40/h6-15,18,21,30,32-33,39H,16-17,19-20H2,1-5H3/t21-,30+,32?,33-,35+/m0/s1. The molecule has 3 aliphatic heterocycles.